The summed E-state index contributed by atoms with van der Waals surface area (Å²) in [6, 6.07) is 9.13. The Labute approximate surface area is 162 Å². The van der Waals surface area contributed by atoms with Crippen LogP contribution in [-0.4, -0.2) is 45.6 Å². The third-order valence-electron chi connectivity index (χ3n) is 3.81. The summed E-state index contributed by atoms with van der Waals surface area (Å²) in [4.78, 5) is 12.2. The molecule has 0 radical (unpaired) electrons. The topological polar surface area (TPSA) is 105 Å². The van der Waals surface area contributed by atoms with Crippen LogP contribution in [0.4, 0.5) is 0 Å². The minimum absolute atomic E-state index is 0.0356. The van der Waals surface area contributed by atoms with Crippen molar-refractivity contribution in [2.45, 2.75) is 20.8 Å². The van der Waals surface area contributed by atoms with Crippen molar-refractivity contribution >= 4 is 24.6 Å². The highest BCUT2D eigenvalue weighted by molar-refractivity contribution is 7.62. The molecule has 0 saturated carbocycles. The number of rotatable bonds is 8. The molecule has 10 heteroatoms. The Balaban J connectivity index is 2.31. The summed E-state index contributed by atoms with van der Waals surface area (Å²) >= 11 is 0. The Morgan fingerprint density at radius 1 is 1.04 bits per heavy atom. The maximum atomic E-state index is 13.4. The number of benzene rings is 1. The van der Waals surface area contributed by atoms with Crippen molar-refractivity contribution in [3.8, 4) is 11.3 Å². The second-order valence-electron chi connectivity index (χ2n) is 5.59. The predicted octanol–water partition coefficient (Wildman–Crippen LogP) is 2.86. The summed E-state index contributed by atoms with van der Waals surface area (Å²) in [5.41, 5.74) is 1.46. The number of aromatic nitrogens is 4. The van der Waals surface area contributed by atoms with Crippen molar-refractivity contribution in [3.63, 3.8) is 0 Å². The third-order valence-corrected chi connectivity index (χ3v) is 5.82. The van der Waals surface area contributed by atoms with Crippen LogP contribution in [0, 0.1) is 0 Å². The maximum absolute atomic E-state index is 13.4. The van der Waals surface area contributed by atoms with Gasteiger partial charge in [-0.25, -0.2) is 9.31 Å². The van der Waals surface area contributed by atoms with Crippen molar-refractivity contribution in [3.05, 3.63) is 42.1 Å². The van der Waals surface area contributed by atoms with Crippen molar-refractivity contribution < 1.29 is 23.1 Å². The molecule has 0 atom stereocenters. The van der Waals surface area contributed by atoms with E-state index in [2.05, 4.69) is 15.3 Å². The molecule has 148 valence electrons. The molecule has 0 spiro atoms. The van der Waals surface area contributed by atoms with Gasteiger partial charge in [0.05, 0.1) is 26.0 Å². The summed E-state index contributed by atoms with van der Waals surface area (Å²) in [6.45, 7) is 5.69. The number of esters is 1. The summed E-state index contributed by atoms with van der Waals surface area (Å²) in [5, 5.41) is 12.5. The monoisotopic (exact) mass is 404 g/mol. The molecule has 0 N–H and O–H groups in total. The Kier molecular flexibility index (Phi) is 6.18. The number of hydrogen-bond donors (Lipinski definition) is 0. The molecule has 3 rings (SSSR count). The number of fused-ring (bicyclic) bond motifs is 1. The van der Waals surface area contributed by atoms with Gasteiger partial charge in [-0.1, -0.05) is 30.3 Å². The van der Waals surface area contributed by atoms with Crippen molar-refractivity contribution in [1.29, 1.82) is 0 Å². The van der Waals surface area contributed by atoms with Crippen LogP contribution in [0.3, 0.4) is 0 Å². The minimum Gasteiger partial charge on any atom is -0.462 e. The Morgan fingerprint density at radius 3 is 2.32 bits per heavy atom. The van der Waals surface area contributed by atoms with E-state index in [-0.39, 0.29) is 36.5 Å². The van der Waals surface area contributed by atoms with E-state index in [0.717, 1.165) is 0 Å². The molecule has 0 aliphatic rings. The molecule has 3 aromatic rings. The number of hydrogen-bond acceptors (Lipinski definition) is 8. The largest absolute Gasteiger partial charge is 0.462 e. The fourth-order valence-corrected chi connectivity index (χ4v) is 4.36. The summed E-state index contributed by atoms with van der Waals surface area (Å²) in [6.07, 6.45) is 1.35. The molecule has 0 saturated heterocycles. The molecule has 2 aromatic heterocycles. The molecular formula is C18H21N4O5P. The van der Waals surface area contributed by atoms with E-state index in [1.165, 1.54) is 10.7 Å². The van der Waals surface area contributed by atoms with Gasteiger partial charge in [0, 0.05) is 5.56 Å². The second kappa shape index (κ2) is 8.60. The van der Waals surface area contributed by atoms with Crippen LogP contribution < -0.4 is 5.44 Å². The molecule has 0 aliphatic carbocycles. The first kappa shape index (κ1) is 20.1. The van der Waals surface area contributed by atoms with Gasteiger partial charge in [-0.05, 0) is 20.8 Å². The number of carbonyl (C=O) groups excluding carboxylic acids is 1. The van der Waals surface area contributed by atoms with Crippen LogP contribution in [0.2, 0.25) is 0 Å². The van der Waals surface area contributed by atoms with E-state index in [4.69, 9.17) is 13.8 Å². The van der Waals surface area contributed by atoms with Gasteiger partial charge in [-0.15, -0.1) is 10.2 Å². The Hall–Kier alpha value is -2.61. The third kappa shape index (κ3) is 3.69. The van der Waals surface area contributed by atoms with E-state index >= 15 is 0 Å². The number of carbonyl (C=O) groups is 1. The van der Waals surface area contributed by atoms with Gasteiger partial charge in [-0.3, -0.25) is 4.57 Å². The molecule has 0 amide bonds. The van der Waals surface area contributed by atoms with Gasteiger partial charge < -0.3 is 13.8 Å². The van der Waals surface area contributed by atoms with Gasteiger partial charge in [0.2, 0.25) is 5.44 Å². The lowest BCUT2D eigenvalue weighted by Crippen LogP contribution is -2.22. The minimum atomic E-state index is -3.76. The highest BCUT2D eigenvalue weighted by atomic mass is 31.2. The first-order chi connectivity index (χ1) is 13.6. The molecule has 9 nitrogen and oxygen atoms in total. The lowest BCUT2D eigenvalue weighted by molar-refractivity contribution is 0.0528. The number of ether oxygens (including phenoxy) is 1. The molecule has 0 fully saturated rings. The lowest BCUT2D eigenvalue weighted by Gasteiger charge is -2.19. The average molecular weight is 404 g/mol. The van der Waals surface area contributed by atoms with Crippen molar-refractivity contribution in [1.82, 2.24) is 19.8 Å². The van der Waals surface area contributed by atoms with E-state index in [1.54, 1.807) is 20.8 Å². The van der Waals surface area contributed by atoms with Crippen LogP contribution in [-0.2, 0) is 18.3 Å². The van der Waals surface area contributed by atoms with E-state index in [1.807, 2.05) is 30.3 Å². The van der Waals surface area contributed by atoms with Gasteiger partial charge in [0.25, 0.3) is 0 Å². The van der Waals surface area contributed by atoms with E-state index in [0.29, 0.717) is 11.3 Å². The lowest BCUT2D eigenvalue weighted by atomic mass is 10.2. The first-order valence-electron chi connectivity index (χ1n) is 8.92. The quantitative estimate of drug-likeness (QED) is 0.417. The van der Waals surface area contributed by atoms with Crippen LogP contribution in [0.5, 0.6) is 0 Å². The van der Waals surface area contributed by atoms with Crippen LogP contribution in [0.1, 0.15) is 31.1 Å². The highest BCUT2D eigenvalue weighted by Crippen LogP contribution is 2.48. The molecule has 0 bridgehead atoms. The zero-order valence-electron chi connectivity index (χ0n) is 15.9. The highest BCUT2D eigenvalue weighted by Gasteiger charge is 2.35. The molecule has 2 heterocycles. The summed E-state index contributed by atoms with van der Waals surface area (Å²) < 4.78 is 30.8. The average Bonchev–Trinajstić information content (AvgIpc) is 3.13. The summed E-state index contributed by atoms with van der Waals surface area (Å²) in [5.74, 6) is -0.559. The summed E-state index contributed by atoms with van der Waals surface area (Å²) in [7, 11) is -3.76. The normalized spacial score (nSPS) is 11.7. The van der Waals surface area contributed by atoms with Crippen molar-refractivity contribution in [2.24, 2.45) is 0 Å². The fourth-order valence-electron chi connectivity index (χ4n) is 2.72. The standard InChI is InChI=1S/C18H21N4O5P/c1-4-25-18(23)14-12-19-22-15(13-10-8-7-9-11-13)17(21-20-16(14)22)28(24,26-5-2)27-6-3/h7-12H,4-6H2,1-3H3. The second-order valence-corrected chi connectivity index (χ2v) is 7.52. The van der Waals surface area contributed by atoms with Crippen LogP contribution in [0.25, 0.3) is 16.9 Å². The molecule has 28 heavy (non-hydrogen) atoms. The zero-order valence-corrected chi connectivity index (χ0v) is 16.8. The van der Waals surface area contributed by atoms with E-state index < -0.39 is 13.6 Å². The van der Waals surface area contributed by atoms with Crippen LogP contribution in [0.15, 0.2) is 36.5 Å². The van der Waals surface area contributed by atoms with Gasteiger partial charge in [0.1, 0.15) is 11.3 Å². The molecule has 1 aromatic carbocycles. The molecular weight excluding hydrogens is 383 g/mol. The predicted molar refractivity (Wildman–Crippen MR) is 103 cm³/mol. The van der Waals surface area contributed by atoms with Gasteiger partial charge >= 0.3 is 13.6 Å². The maximum Gasteiger partial charge on any atom is 0.383 e. The van der Waals surface area contributed by atoms with Crippen LogP contribution >= 0.6 is 7.60 Å². The van der Waals surface area contributed by atoms with E-state index in [9.17, 15) is 9.36 Å². The first-order valence-corrected chi connectivity index (χ1v) is 10.5. The van der Waals surface area contributed by atoms with Gasteiger partial charge in [0.15, 0.2) is 5.65 Å². The molecule has 0 unspecified atom stereocenters. The Morgan fingerprint density at radius 2 is 1.71 bits per heavy atom. The smallest absolute Gasteiger partial charge is 0.383 e. The zero-order chi connectivity index (χ0) is 20.1. The fraction of sp³-hybridized carbons (Fsp3) is 0.333. The van der Waals surface area contributed by atoms with Crippen molar-refractivity contribution in [2.75, 3.05) is 19.8 Å². The number of nitrogens with zero attached hydrogens (tertiary/aromatic N) is 4. The molecule has 0 aliphatic heterocycles. The van der Waals surface area contributed by atoms with Gasteiger partial charge in [-0.2, -0.15) is 5.10 Å². The Bertz CT molecular complexity index is 1010. The SMILES string of the molecule is CCOC(=O)c1cnn2c(-c3ccccc3)c(P(=O)(OCC)OCC)nnc12.